The van der Waals surface area contributed by atoms with Gasteiger partial charge in [-0.3, -0.25) is 24.0 Å². The monoisotopic (exact) mass is 436 g/mol. The highest BCUT2D eigenvalue weighted by molar-refractivity contribution is 7.98. The maximum Gasteiger partial charge on any atom is 0.326 e. The van der Waals surface area contributed by atoms with E-state index in [1.54, 1.807) is 0 Å². The number of aliphatic carboxylic acids is 3. The molecule has 29 heavy (non-hydrogen) atoms. The molecule has 3 atom stereocenters. The van der Waals surface area contributed by atoms with Crippen molar-refractivity contribution in [1.82, 2.24) is 16.0 Å². The van der Waals surface area contributed by atoms with Crippen LogP contribution in [0.3, 0.4) is 0 Å². The molecular formula is C15H24N4O9S. The van der Waals surface area contributed by atoms with Crippen molar-refractivity contribution >= 4 is 47.4 Å². The zero-order valence-corrected chi connectivity index (χ0v) is 16.4. The van der Waals surface area contributed by atoms with Crippen LogP contribution in [0.25, 0.3) is 0 Å². The number of hydrogen-bond donors (Lipinski definition) is 7. The van der Waals surface area contributed by atoms with Gasteiger partial charge in [-0.15, -0.1) is 0 Å². The van der Waals surface area contributed by atoms with Gasteiger partial charge in [0, 0.05) is 0 Å². The summed E-state index contributed by atoms with van der Waals surface area (Å²) in [6.45, 7) is -0.757. The zero-order valence-electron chi connectivity index (χ0n) is 15.5. The molecule has 8 N–H and O–H groups in total. The van der Waals surface area contributed by atoms with Gasteiger partial charge in [0.15, 0.2) is 0 Å². The topological polar surface area (TPSA) is 225 Å². The van der Waals surface area contributed by atoms with E-state index in [1.165, 1.54) is 11.8 Å². The molecule has 0 saturated heterocycles. The van der Waals surface area contributed by atoms with E-state index in [1.807, 2.05) is 11.6 Å². The van der Waals surface area contributed by atoms with E-state index in [4.69, 9.17) is 21.1 Å². The molecule has 14 heteroatoms. The Labute approximate surface area is 169 Å². The second-order valence-electron chi connectivity index (χ2n) is 5.82. The lowest BCUT2D eigenvalue weighted by molar-refractivity contribution is -0.147. The molecule has 0 aliphatic rings. The van der Waals surface area contributed by atoms with Crippen LogP contribution in [0.5, 0.6) is 0 Å². The number of carboxylic acid groups (broad SMARTS) is 3. The van der Waals surface area contributed by atoms with Crippen LogP contribution in [0, 0.1) is 0 Å². The SMILES string of the molecule is CSCCC(N)C(=O)NC(CC(=O)O)C(=O)NCC(=O)NC(CC(=O)O)C(=O)O. The smallest absolute Gasteiger partial charge is 0.326 e. The van der Waals surface area contributed by atoms with Crippen LogP contribution in [0.15, 0.2) is 0 Å². The van der Waals surface area contributed by atoms with Gasteiger partial charge >= 0.3 is 17.9 Å². The fourth-order valence-electron chi connectivity index (χ4n) is 1.95. The summed E-state index contributed by atoms with van der Waals surface area (Å²) >= 11 is 1.45. The van der Waals surface area contributed by atoms with Crippen LogP contribution in [-0.4, -0.2) is 87.6 Å². The molecule has 0 aromatic carbocycles. The quantitative estimate of drug-likeness (QED) is 0.147. The van der Waals surface area contributed by atoms with E-state index in [0.29, 0.717) is 12.2 Å². The fourth-order valence-corrected chi connectivity index (χ4v) is 2.44. The molecule has 0 spiro atoms. The van der Waals surface area contributed by atoms with Gasteiger partial charge in [-0.2, -0.15) is 11.8 Å². The van der Waals surface area contributed by atoms with Gasteiger partial charge in [0.1, 0.15) is 12.1 Å². The normalized spacial score (nSPS) is 13.4. The van der Waals surface area contributed by atoms with Crippen molar-refractivity contribution in [2.24, 2.45) is 5.73 Å². The molecule has 0 saturated carbocycles. The molecule has 0 rings (SSSR count). The molecule has 0 bridgehead atoms. The van der Waals surface area contributed by atoms with Crippen LogP contribution in [0.1, 0.15) is 19.3 Å². The van der Waals surface area contributed by atoms with Crippen molar-refractivity contribution in [2.45, 2.75) is 37.4 Å². The first-order chi connectivity index (χ1) is 13.5. The minimum Gasteiger partial charge on any atom is -0.481 e. The molecular weight excluding hydrogens is 412 g/mol. The van der Waals surface area contributed by atoms with Gasteiger partial charge in [0.2, 0.25) is 17.7 Å². The predicted molar refractivity (Wildman–Crippen MR) is 100.0 cm³/mol. The minimum absolute atomic E-state index is 0.303. The molecule has 0 aliphatic carbocycles. The Hall–Kier alpha value is -2.87. The van der Waals surface area contributed by atoms with Crippen LogP contribution >= 0.6 is 11.8 Å². The largest absolute Gasteiger partial charge is 0.481 e. The molecule has 0 aromatic heterocycles. The average molecular weight is 436 g/mol. The number of nitrogens with one attached hydrogen (secondary N) is 3. The maximum atomic E-state index is 12.1. The lowest BCUT2D eigenvalue weighted by Gasteiger charge is -2.19. The third kappa shape index (κ3) is 11.5. The van der Waals surface area contributed by atoms with Crippen molar-refractivity contribution in [3.8, 4) is 0 Å². The van der Waals surface area contributed by atoms with Gasteiger partial charge in [-0.25, -0.2) is 4.79 Å². The van der Waals surface area contributed by atoms with Crippen LogP contribution in [0.4, 0.5) is 0 Å². The van der Waals surface area contributed by atoms with Crippen molar-refractivity contribution in [2.75, 3.05) is 18.6 Å². The molecule has 0 fully saturated rings. The first-order valence-electron chi connectivity index (χ1n) is 8.26. The second-order valence-corrected chi connectivity index (χ2v) is 6.81. The number of carbonyl (C=O) groups is 6. The summed E-state index contributed by atoms with van der Waals surface area (Å²) in [5.41, 5.74) is 5.66. The van der Waals surface area contributed by atoms with E-state index in [9.17, 15) is 28.8 Å². The number of carbonyl (C=O) groups excluding carboxylic acids is 3. The highest BCUT2D eigenvalue weighted by atomic mass is 32.2. The van der Waals surface area contributed by atoms with E-state index in [-0.39, 0.29) is 0 Å². The Kier molecular flexibility index (Phi) is 12.0. The van der Waals surface area contributed by atoms with Crippen LogP contribution < -0.4 is 21.7 Å². The summed E-state index contributed by atoms with van der Waals surface area (Å²) < 4.78 is 0. The van der Waals surface area contributed by atoms with Crippen molar-refractivity contribution < 1.29 is 44.1 Å². The van der Waals surface area contributed by atoms with Crippen LogP contribution in [-0.2, 0) is 28.8 Å². The Balaban J connectivity index is 4.82. The molecule has 0 aromatic rings. The van der Waals surface area contributed by atoms with Gasteiger partial charge in [0.05, 0.1) is 25.4 Å². The average Bonchev–Trinajstić information content (AvgIpc) is 2.61. The van der Waals surface area contributed by atoms with E-state index in [2.05, 4.69) is 10.6 Å². The van der Waals surface area contributed by atoms with E-state index >= 15 is 0 Å². The number of nitrogens with two attached hydrogens (primary N) is 1. The van der Waals surface area contributed by atoms with Gasteiger partial charge in [0.25, 0.3) is 0 Å². The Morgan fingerprint density at radius 2 is 1.45 bits per heavy atom. The number of amides is 3. The first-order valence-corrected chi connectivity index (χ1v) is 9.65. The highest BCUT2D eigenvalue weighted by Crippen LogP contribution is 2.01. The van der Waals surface area contributed by atoms with Crippen molar-refractivity contribution in [3.63, 3.8) is 0 Å². The van der Waals surface area contributed by atoms with Crippen molar-refractivity contribution in [3.05, 3.63) is 0 Å². The molecule has 3 unspecified atom stereocenters. The predicted octanol–water partition coefficient (Wildman–Crippen LogP) is -2.81. The van der Waals surface area contributed by atoms with Gasteiger partial charge < -0.3 is 37.0 Å². The summed E-state index contributed by atoms with van der Waals surface area (Å²) in [6, 6.07) is -4.18. The first kappa shape index (κ1) is 26.1. The van der Waals surface area contributed by atoms with Crippen molar-refractivity contribution in [1.29, 1.82) is 0 Å². The molecule has 164 valence electrons. The Bertz CT molecular complexity index is 643. The molecule has 0 aliphatic heterocycles. The summed E-state index contributed by atoms with van der Waals surface area (Å²) in [4.78, 5) is 68.3. The zero-order chi connectivity index (χ0) is 22.6. The van der Waals surface area contributed by atoms with Gasteiger partial charge in [-0.1, -0.05) is 0 Å². The molecule has 0 radical (unpaired) electrons. The molecule has 3 amide bonds. The standard InChI is InChI=1S/C15H24N4O9S/c1-29-3-2-7(16)13(25)19-8(4-11(21)22)14(26)17-6-10(20)18-9(15(27)28)5-12(23)24/h7-9H,2-6,16H2,1H3,(H,17,26)(H,18,20)(H,19,25)(H,21,22)(H,23,24)(H,27,28). The van der Waals surface area contributed by atoms with Crippen LogP contribution in [0.2, 0.25) is 0 Å². The lowest BCUT2D eigenvalue weighted by Crippen LogP contribution is -2.54. The second kappa shape index (κ2) is 13.3. The number of rotatable bonds is 14. The summed E-state index contributed by atoms with van der Waals surface area (Å²) in [7, 11) is 0. The lowest BCUT2D eigenvalue weighted by atomic mass is 10.1. The Morgan fingerprint density at radius 1 is 0.897 bits per heavy atom. The molecule has 0 heterocycles. The van der Waals surface area contributed by atoms with E-state index in [0.717, 1.165) is 0 Å². The Morgan fingerprint density at radius 3 is 1.93 bits per heavy atom. The minimum atomic E-state index is -1.71. The molecule has 13 nitrogen and oxygen atoms in total. The number of hydrogen-bond acceptors (Lipinski definition) is 8. The summed E-state index contributed by atoms with van der Waals surface area (Å²) in [6.07, 6.45) is 0.463. The third-order valence-corrected chi connectivity index (χ3v) is 4.06. The summed E-state index contributed by atoms with van der Waals surface area (Å²) in [5.74, 6) is -6.60. The fraction of sp³-hybridized carbons (Fsp3) is 0.600. The third-order valence-electron chi connectivity index (χ3n) is 3.42. The number of thioether (sulfide) groups is 1. The number of carboxylic acids is 3. The highest BCUT2D eigenvalue weighted by Gasteiger charge is 2.27. The maximum absolute atomic E-state index is 12.1. The van der Waals surface area contributed by atoms with Gasteiger partial charge in [-0.05, 0) is 18.4 Å². The van der Waals surface area contributed by atoms with E-state index < -0.39 is 73.1 Å². The summed E-state index contributed by atoms with van der Waals surface area (Å²) in [5, 5.41) is 32.5.